The van der Waals surface area contributed by atoms with E-state index in [9.17, 15) is 9.18 Å². The van der Waals surface area contributed by atoms with Gasteiger partial charge in [-0.25, -0.2) is 19.2 Å². The summed E-state index contributed by atoms with van der Waals surface area (Å²) in [4.78, 5) is 19.5. The van der Waals surface area contributed by atoms with E-state index in [1.807, 2.05) is 0 Å². The van der Waals surface area contributed by atoms with Crippen LogP contribution in [0.25, 0.3) is 0 Å². The number of aromatic nitrogens is 2. The van der Waals surface area contributed by atoms with Gasteiger partial charge in [-0.3, -0.25) is 5.41 Å². The van der Waals surface area contributed by atoms with Crippen LogP contribution in [0.15, 0.2) is 24.3 Å². The van der Waals surface area contributed by atoms with Gasteiger partial charge in [-0.05, 0) is 31.2 Å². The molecule has 0 saturated carbocycles. The summed E-state index contributed by atoms with van der Waals surface area (Å²) in [7, 11) is 1.23. The summed E-state index contributed by atoms with van der Waals surface area (Å²) in [6.45, 7) is 1.57. The third-order valence-corrected chi connectivity index (χ3v) is 3.05. The lowest BCUT2D eigenvalue weighted by atomic mass is 10.2. The summed E-state index contributed by atoms with van der Waals surface area (Å²) in [5, 5.41) is 10.5. The number of nitrogens with zero attached hydrogens (tertiary/aromatic N) is 2. The minimum Gasteiger partial charge on any atom is -0.464 e. The molecule has 1 aromatic heterocycles. The van der Waals surface area contributed by atoms with Gasteiger partial charge < -0.3 is 10.1 Å². The van der Waals surface area contributed by atoms with Crippen molar-refractivity contribution >= 4 is 29.2 Å². The Hall–Kier alpha value is -2.54. The molecule has 1 heterocycles. The Kier molecular flexibility index (Phi) is 4.67. The number of methoxy groups -OCH3 is 1. The summed E-state index contributed by atoms with van der Waals surface area (Å²) in [6, 6.07) is 5.37. The molecule has 6 nitrogen and oxygen atoms in total. The van der Waals surface area contributed by atoms with Crippen LogP contribution < -0.4 is 5.32 Å². The monoisotopic (exact) mass is 322 g/mol. The lowest BCUT2D eigenvalue weighted by molar-refractivity contribution is 0.0592. The molecule has 22 heavy (non-hydrogen) atoms. The largest absolute Gasteiger partial charge is 0.464 e. The van der Waals surface area contributed by atoms with Crippen LogP contribution in [0.3, 0.4) is 0 Å². The second kappa shape index (κ2) is 6.48. The van der Waals surface area contributed by atoms with E-state index in [2.05, 4.69) is 20.0 Å². The van der Waals surface area contributed by atoms with E-state index in [4.69, 9.17) is 17.0 Å². The Morgan fingerprint density at radius 2 is 1.95 bits per heavy atom. The van der Waals surface area contributed by atoms with Crippen molar-refractivity contribution in [2.45, 2.75) is 6.92 Å². The number of anilines is 1. The van der Waals surface area contributed by atoms with Crippen LogP contribution in [0.4, 0.5) is 10.2 Å². The van der Waals surface area contributed by atoms with Crippen molar-refractivity contribution in [3.8, 4) is 0 Å². The van der Waals surface area contributed by atoms with Gasteiger partial charge in [-0.15, -0.1) is 0 Å². The first-order valence-corrected chi connectivity index (χ1v) is 6.54. The van der Waals surface area contributed by atoms with Gasteiger partial charge in [-0.2, -0.15) is 0 Å². The molecule has 0 aliphatic carbocycles. The predicted molar refractivity (Wildman–Crippen MR) is 80.0 cm³/mol. The van der Waals surface area contributed by atoms with Crippen molar-refractivity contribution in [2.75, 3.05) is 12.4 Å². The lowest BCUT2D eigenvalue weighted by Crippen LogP contribution is -2.16. The summed E-state index contributed by atoms with van der Waals surface area (Å²) in [6.07, 6.45) is 0. The zero-order valence-corrected chi connectivity index (χ0v) is 12.5. The van der Waals surface area contributed by atoms with Gasteiger partial charge in [0.15, 0.2) is 16.7 Å². The average molecular weight is 323 g/mol. The van der Waals surface area contributed by atoms with Crippen LogP contribution in [0, 0.1) is 18.2 Å². The Bertz CT molecular complexity index is 734. The molecule has 2 rings (SSSR count). The van der Waals surface area contributed by atoms with E-state index >= 15 is 0 Å². The number of nitrogens with one attached hydrogen (secondary N) is 2. The molecular formula is C14H12ClFN4O2. The number of carbonyl (C=O) groups excluding carboxylic acids is 1. The molecule has 0 unspecified atom stereocenters. The van der Waals surface area contributed by atoms with Gasteiger partial charge in [-0.1, -0.05) is 11.6 Å². The van der Waals surface area contributed by atoms with E-state index in [1.165, 1.54) is 31.4 Å². The van der Waals surface area contributed by atoms with E-state index in [0.29, 0.717) is 11.3 Å². The third-order valence-electron chi connectivity index (χ3n) is 2.78. The van der Waals surface area contributed by atoms with Crippen molar-refractivity contribution in [1.29, 1.82) is 5.41 Å². The maximum absolute atomic E-state index is 12.9. The SMILES string of the molecule is COC(=O)c1nc(Cl)c(NC(=N)c2ccc(F)cc2)nc1C. The zero-order chi connectivity index (χ0) is 16.3. The fourth-order valence-corrected chi connectivity index (χ4v) is 1.85. The number of hydrogen-bond acceptors (Lipinski definition) is 5. The zero-order valence-electron chi connectivity index (χ0n) is 11.8. The molecular weight excluding hydrogens is 311 g/mol. The number of benzene rings is 1. The number of aryl methyl sites for hydroxylation is 1. The molecule has 0 fully saturated rings. The first-order valence-electron chi connectivity index (χ1n) is 6.16. The van der Waals surface area contributed by atoms with Crippen LogP contribution in [0.1, 0.15) is 21.7 Å². The van der Waals surface area contributed by atoms with Crippen molar-refractivity contribution in [2.24, 2.45) is 0 Å². The summed E-state index contributed by atoms with van der Waals surface area (Å²) >= 11 is 5.96. The molecule has 0 aliphatic heterocycles. The van der Waals surface area contributed by atoms with Gasteiger partial charge in [0.1, 0.15) is 11.7 Å². The highest BCUT2D eigenvalue weighted by molar-refractivity contribution is 6.32. The predicted octanol–water partition coefficient (Wildman–Crippen LogP) is 2.80. The fraction of sp³-hybridized carbons (Fsp3) is 0.143. The number of amidine groups is 1. The number of hydrogen-bond donors (Lipinski definition) is 2. The topological polar surface area (TPSA) is 88.0 Å². The van der Waals surface area contributed by atoms with Crippen LogP contribution >= 0.6 is 11.6 Å². The minimum atomic E-state index is -0.646. The second-order valence-corrected chi connectivity index (χ2v) is 4.65. The maximum Gasteiger partial charge on any atom is 0.358 e. The van der Waals surface area contributed by atoms with Gasteiger partial charge in [0.25, 0.3) is 0 Å². The third kappa shape index (κ3) is 3.37. The molecule has 0 saturated heterocycles. The molecule has 0 bridgehead atoms. The van der Waals surface area contributed by atoms with Crippen molar-refractivity contribution in [3.63, 3.8) is 0 Å². The van der Waals surface area contributed by atoms with Crippen LogP contribution in [-0.4, -0.2) is 28.9 Å². The number of ether oxygens (including phenoxy) is 1. The Balaban J connectivity index is 2.26. The normalized spacial score (nSPS) is 10.2. The van der Waals surface area contributed by atoms with Gasteiger partial charge in [0.2, 0.25) is 0 Å². The summed E-state index contributed by atoms with van der Waals surface area (Å²) in [5.74, 6) is -0.942. The highest BCUT2D eigenvalue weighted by atomic mass is 35.5. The molecule has 8 heteroatoms. The molecule has 0 spiro atoms. The van der Waals surface area contributed by atoms with Gasteiger partial charge in [0.05, 0.1) is 12.8 Å². The van der Waals surface area contributed by atoms with E-state index < -0.39 is 11.8 Å². The fourth-order valence-electron chi connectivity index (χ4n) is 1.68. The van der Waals surface area contributed by atoms with Gasteiger partial charge >= 0.3 is 5.97 Å². The first kappa shape index (κ1) is 15.8. The number of carbonyl (C=O) groups is 1. The molecule has 0 aliphatic rings. The van der Waals surface area contributed by atoms with E-state index in [-0.39, 0.29) is 22.5 Å². The van der Waals surface area contributed by atoms with Crippen LogP contribution in [-0.2, 0) is 4.74 Å². The first-order chi connectivity index (χ1) is 10.4. The highest BCUT2D eigenvalue weighted by Gasteiger charge is 2.17. The smallest absolute Gasteiger partial charge is 0.358 e. The maximum atomic E-state index is 12.9. The lowest BCUT2D eigenvalue weighted by Gasteiger charge is -2.11. The molecule has 114 valence electrons. The molecule has 2 aromatic rings. The van der Waals surface area contributed by atoms with Crippen molar-refractivity contribution < 1.29 is 13.9 Å². The Morgan fingerprint density at radius 3 is 2.55 bits per heavy atom. The second-order valence-electron chi connectivity index (χ2n) is 4.30. The van der Waals surface area contributed by atoms with Crippen molar-refractivity contribution in [1.82, 2.24) is 9.97 Å². The van der Waals surface area contributed by atoms with Crippen molar-refractivity contribution in [3.05, 3.63) is 52.2 Å². The Labute approximate surface area is 130 Å². The minimum absolute atomic E-state index is 0.00589. The number of halogens is 2. The highest BCUT2D eigenvalue weighted by Crippen LogP contribution is 2.20. The van der Waals surface area contributed by atoms with E-state index in [0.717, 1.165) is 0 Å². The molecule has 1 aromatic carbocycles. The quantitative estimate of drug-likeness (QED) is 0.515. The number of esters is 1. The molecule has 0 radical (unpaired) electrons. The van der Waals surface area contributed by atoms with Gasteiger partial charge in [0, 0.05) is 5.56 Å². The van der Waals surface area contributed by atoms with Crippen LogP contribution in [0.2, 0.25) is 5.15 Å². The number of rotatable bonds is 3. The Morgan fingerprint density at radius 1 is 1.32 bits per heavy atom. The standard InChI is InChI=1S/C14H12ClFN4O2/c1-7-10(14(21)22-2)19-11(15)13(18-7)20-12(17)8-3-5-9(16)6-4-8/h3-6H,1-2H3,(H2,17,18,20). The van der Waals surface area contributed by atoms with E-state index in [1.54, 1.807) is 6.92 Å². The summed E-state index contributed by atoms with van der Waals surface area (Å²) in [5.41, 5.74) is 0.769. The molecule has 0 atom stereocenters. The summed E-state index contributed by atoms with van der Waals surface area (Å²) < 4.78 is 17.4. The van der Waals surface area contributed by atoms with Crippen LogP contribution in [0.5, 0.6) is 0 Å². The molecule has 0 amide bonds. The average Bonchev–Trinajstić information content (AvgIpc) is 2.50. The molecule has 2 N–H and O–H groups in total.